The summed E-state index contributed by atoms with van der Waals surface area (Å²) in [5.41, 5.74) is 1.53. The summed E-state index contributed by atoms with van der Waals surface area (Å²) in [6, 6.07) is 0. The molecule has 0 unspecified atom stereocenters. The van der Waals surface area contributed by atoms with Crippen molar-refractivity contribution in [1.29, 1.82) is 0 Å². The molecule has 0 atom stereocenters. The standard InChI is InChI=1S/C6H12ClN.ClH/c1-2-5-8-6-3-4-7;/h3-4,8H,2,5-6H2,1H3;1H. The molecule has 0 radical (unpaired) electrons. The molecular weight excluding hydrogens is 157 g/mol. The third kappa shape index (κ3) is 11.7. The Morgan fingerprint density at radius 2 is 2.22 bits per heavy atom. The molecule has 0 spiro atoms. The first-order valence-electron chi connectivity index (χ1n) is 2.87. The highest BCUT2D eigenvalue weighted by Gasteiger charge is 1.75. The number of hydrogen-bond acceptors (Lipinski definition) is 1. The van der Waals surface area contributed by atoms with Gasteiger partial charge in [0.05, 0.1) is 0 Å². The number of halogens is 2. The van der Waals surface area contributed by atoms with E-state index < -0.39 is 0 Å². The van der Waals surface area contributed by atoms with Crippen LogP contribution in [0.5, 0.6) is 0 Å². The second-order valence-electron chi connectivity index (χ2n) is 1.57. The van der Waals surface area contributed by atoms with E-state index >= 15 is 0 Å². The second kappa shape index (κ2) is 11.1. The van der Waals surface area contributed by atoms with Crippen molar-refractivity contribution in [2.45, 2.75) is 13.3 Å². The fourth-order valence-electron chi connectivity index (χ4n) is 0.407. The van der Waals surface area contributed by atoms with Crippen LogP contribution in [0.3, 0.4) is 0 Å². The van der Waals surface area contributed by atoms with E-state index in [1.807, 2.05) is 6.08 Å². The Labute approximate surface area is 67.9 Å². The number of nitrogens with one attached hydrogen (secondary N) is 1. The maximum absolute atomic E-state index is 5.26. The van der Waals surface area contributed by atoms with E-state index in [1.165, 1.54) is 12.0 Å². The predicted octanol–water partition coefficient (Wildman–Crippen LogP) is 2.16. The summed E-state index contributed by atoms with van der Waals surface area (Å²) in [6.07, 6.45) is 3.06. The van der Waals surface area contributed by atoms with Crippen LogP contribution in [0.1, 0.15) is 13.3 Å². The molecule has 0 aromatic rings. The highest BCUT2D eigenvalue weighted by Crippen LogP contribution is 1.75. The van der Waals surface area contributed by atoms with Crippen molar-refractivity contribution in [2.24, 2.45) is 0 Å². The number of hydrogen-bond donors (Lipinski definition) is 1. The zero-order valence-electron chi connectivity index (χ0n) is 5.56. The zero-order valence-corrected chi connectivity index (χ0v) is 7.13. The average Bonchev–Trinajstić information content (AvgIpc) is 1.81. The molecule has 0 aromatic carbocycles. The molecule has 0 saturated heterocycles. The Bertz CT molecular complexity index is 64.1. The molecule has 0 aliphatic heterocycles. The highest BCUT2D eigenvalue weighted by molar-refractivity contribution is 6.25. The lowest BCUT2D eigenvalue weighted by Gasteiger charge is -1.93. The van der Waals surface area contributed by atoms with Crippen LogP contribution < -0.4 is 5.32 Å². The van der Waals surface area contributed by atoms with Crippen molar-refractivity contribution in [1.82, 2.24) is 5.32 Å². The lowest BCUT2D eigenvalue weighted by Crippen LogP contribution is -2.13. The van der Waals surface area contributed by atoms with Crippen LogP contribution in [0.15, 0.2) is 11.6 Å². The van der Waals surface area contributed by atoms with Gasteiger partial charge in [-0.15, -0.1) is 12.4 Å². The smallest absolute Gasteiger partial charge is 0.0146 e. The first-order valence-corrected chi connectivity index (χ1v) is 3.31. The Morgan fingerprint density at radius 3 is 2.67 bits per heavy atom. The van der Waals surface area contributed by atoms with Gasteiger partial charge in [0.1, 0.15) is 0 Å². The normalized spacial score (nSPS) is 9.56. The van der Waals surface area contributed by atoms with E-state index in [2.05, 4.69) is 12.2 Å². The van der Waals surface area contributed by atoms with Crippen molar-refractivity contribution < 1.29 is 0 Å². The van der Waals surface area contributed by atoms with E-state index in [9.17, 15) is 0 Å². The Kier molecular flexibility index (Phi) is 14.8. The van der Waals surface area contributed by atoms with Gasteiger partial charge >= 0.3 is 0 Å². The maximum Gasteiger partial charge on any atom is 0.0146 e. The molecule has 0 rings (SSSR count). The van der Waals surface area contributed by atoms with Crippen LogP contribution in [0, 0.1) is 0 Å². The van der Waals surface area contributed by atoms with Crippen LogP contribution in [0.4, 0.5) is 0 Å². The van der Waals surface area contributed by atoms with Crippen molar-refractivity contribution in [3.8, 4) is 0 Å². The summed E-state index contributed by atoms with van der Waals surface area (Å²) in [6.45, 7) is 4.09. The molecule has 0 aromatic heterocycles. The molecule has 0 fully saturated rings. The van der Waals surface area contributed by atoms with Gasteiger partial charge in [0.2, 0.25) is 0 Å². The molecule has 0 amide bonds. The minimum Gasteiger partial charge on any atom is -0.313 e. The summed E-state index contributed by atoms with van der Waals surface area (Å²) in [5.74, 6) is 0. The highest BCUT2D eigenvalue weighted by atomic mass is 35.5. The largest absolute Gasteiger partial charge is 0.313 e. The van der Waals surface area contributed by atoms with E-state index in [1.54, 1.807) is 0 Å². The third-order valence-electron chi connectivity index (χ3n) is 0.778. The minimum atomic E-state index is 0. The topological polar surface area (TPSA) is 12.0 Å². The summed E-state index contributed by atoms with van der Waals surface area (Å²) < 4.78 is 0. The van der Waals surface area contributed by atoms with Gasteiger partial charge in [0.25, 0.3) is 0 Å². The SMILES string of the molecule is CCCNCC=CCl.Cl. The molecule has 0 heterocycles. The Morgan fingerprint density at radius 1 is 1.56 bits per heavy atom. The fourth-order valence-corrected chi connectivity index (χ4v) is 0.496. The van der Waals surface area contributed by atoms with Gasteiger partial charge in [0, 0.05) is 12.1 Å². The molecule has 56 valence electrons. The summed E-state index contributed by atoms with van der Waals surface area (Å²) in [5, 5.41) is 3.16. The third-order valence-corrected chi connectivity index (χ3v) is 0.956. The van der Waals surface area contributed by atoms with Gasteiger partial charge in [0.15, 0.2) is 0 Å². The fraction of sp³-hybridized carbons (Fsp3) is 0.667. The first kappa shape index (κ1) is 12.0. The summed E-state index contributed by atoms with van der Waals surface area (Å²) in [7, 11) is 0. The van der Waals surface area contributed by atoms with Gasteiger partial charge in [-0.2, -0.15) is 0 Å². The lowest BCUT2D eigenvalue weighted by atomic mass is 10.5. The molecule has 9 heavy (non-hydrogen) atoms. The van der Waals surface area contributed by atoms with Gasteiger partial charge in [-0.25, -0.2) is 0 Å². The second-order valence-corrected chi connectivity index (χ2v) is 1.82. The molecule has 1 nitrogen and oxygen atoms in total. The van der Waals surface area contributed by atoms with Gasteiger partial charge in [-0.1, -0.05) is 24.6 Å². The summed E-state index contributed by atoms with van der Waals surface area (Å²) in [4.78, 5) is 0. The molecule has 1 N–H and O–H groups in total. The number of rotatable bonds is 4. The quantitative estimate of drug-likeness (QED) is 0.637. The monoisotopic (exact) mass is 169 g/mol. The van der Waals surface area contributed by atoms with Crippen LogP contribution in [0.2, 0.25) is 0 Å². The maximum atomic E-state index is 5.26. The van der Waals surface area contributed by atoms with Crippen LogP contribution in [0.25, 0.3) is 0 Å². The van der Waals surface area contributed by atoms with Crippen molar-refractivity contribution in [2.75, 3.05) is 13.1 Å². The van der Waals surface area contributed by atoms with Gasteiger partial charge in [-0.3, -0.25) is 0 Å². The predicted molar refractivity (Wildman–Crippen MR) is 45.4 cm³/mol. The molecule has 0 bridgehead atoms. The average molecular weight is 170 g/mol. The lowest BCUT2D eigenvalue weighted by molar-refractivity contribution is 0.729. The van der Waals surface area contributed by atoms with Gasteiger partial charge in [-0.05, 0) is 13.0 Å². The molecular formula is C6H13Cl2N. The Balaban J connectivity index is 0. The Hall–Kier alpha value is 0.280. The van der Waals surface area contributed by atoms with Gasteiger partial charge < -0.3 is 5.32 Å². The molecule has 0 saturated carbocycles. The first-order chi connectivity index (χ1) is 3.91. The van der Waals surface area contributed by atoms with E-state index in [0.29, 0.717) is 0 Å². The van der Waals surface area contributed by atoms with Crippen LogP contribution in [-0.2, 0) is 0 Å². The van der Waals surface area contributed by atoms with E-state index in [4.69, 9.17) is 11.6 Å². The molecule has 0 aliphatic rings. The van der Waals surface area contributed by atoms with E-state index in [-0.39, 0.29) is 12.4 Å². The zero-order chi connectivity index (χ0) is 6.24. The van der Waals surface area contributed by atoms with Crippen molar-refractivity contribution in [3.63, 3.8) is 0 Å². The van der Waals surface area contributed by atoms with Crippen LogP contribution >= 0.6 is 24.0 Å². The van der Waals surface area contributed by atoms with E-state index in [0.717, 1.165) is 13.1 Å². The summed E-state index contributed by atoms with van der Waals surface area (Å²) >= 11 is 5.26. The molecule has 0 aliphatic carbocycles. The molecule has 3 heteroatoms. The van der Waals surface area contributed by atoms with Crippen molar-refractivity contribution in [3.05, 3.63) is 11.6 Å². The minimum absolute atomic E-state index is 0. The van der Waals surface area contributed by atoms with Crippen LogP contribution in [-0.4, -0.2) is 13.1 Å². The van der Waals surface area contributed by atoms with Crippen molar-refractivity contribution >= 4 is 24.0 Å².